The van der Waals surface area contributed by atoms with Crippen LogP contribution < -0.4 is 16.0 Å². The molecule has 0 bridgehead atoms. The first kappa shape index (κ1) is 18.2. The SMILES string of the molecule is CNC(C)CNC(=O)C1CCCN(C(=O)Nc2ccccc2F)C1. The van der Waals surface area contributed by atoms with Crippen LogP contribution >= 0.6 is 0 Å². The van der Waals surface area contributed by atoms with Gasteiger partial charge in [0, 0.05) is 25.7 Å². The quantitative estimate of drug-likeness (QED) is 0.767. The number of hydrogen-bond acceptors (Lipinski definition) is 3. The number of likely N-dealkylation sites (N-methyl/N-ethyl adjacent to an activating group) is 1. The number of carbonyl (C=O) groups is 2. The molecule has 0 saturated carbocycles. The van der Waals surface area contributed by atoms with Crippen LogP contribution in [0.3, 0.4) is 0 Å². The van der Waals surface area contributed by atoms with Crippen LogP contribution in [0.15, 0.2) is 24.3 Å². The Morgan fingerprint density at radius 3 is 2.83 bits per heavy atom. The summed E-state index contributed by atoms with van der Waals surface area (Å²) >= 11 is 0. The van der Waals surface area contributed by atoms with Gasteiger partial charge in [0.25, 0.3) is 0 Å². The van der Waals surface area contributed by atoms with Gasteiger partial charge in [0.2, 0.25) is 5.91 Å². The van der Waals surface area contributed by atoms with E-state index in [9.17, 15) is 14.0 Å². The van der Waals surface area contributed by atoms with Gasteiger partial charge in [0.15, 0.2) is 0 Å². The van der Waals surface area contributed by atoms with Crippen molar-refractivity contribution < 1.29 is 14.0 Å². The summed E-state index contributed by atoms with van der Waals surface area (Å²) in [6.45, 7) is 3.44. The second kappa shape index (κ2) is 8.63. The van der Waals surface area contributed by atoms with Gasteiger partial charge in [0.05, 0.1) is 11.6 Å². The Morgan fingerprint density at radius 2 is 2.12 bits per heavy atom. The highest BCUT2D eigenvalue weighted by Crippen LogP contribution is 2.19. The van der Waals surface area contributed by atoms with E-state index in [1.165, 1.54) is 12.1 Å². The maximum atomic E-state index is 13.6. The van der Waals surface area contributed by atoms with E-state index in [4.69, 9.17) is 0 Å². The Morgan fingerprint density at radius 1 is 1.38 bits per heavy atom. The summed E-state index contributed by atoms with van der Waals surface area (Å²) in [6, 6.07) is 5.86. The van der Waals surface area contributed by atoms with E-state index < -0.39 is 5.82 Å². The van der Waals surface area contributed by atoms with Crippen molar-refractivity contribution in [2.75, 3.05) is 32.0 Å². The van der Waals surface area contributed by atoms with Crippen molar-refractivity contribution in [3.63, 3.8) is 0 Å². The topological polar surface area (TPSA) is 73.5 Å². The van der Waals surface area contributed by atoms with Crippen molar-refractivity contribution in [2.45, 2.75) is 25.8 Å². The fourth-order valence-electron chi connectivity index (χ4n) is 2.63. The number of rotatable bonds is 5. The molecule has 2 unspecified atom stereocenters. The van der Waals surface area contributed by atoms with Gasteiger partial charge in [-0.2, -0.15) is 0 Å². The molecule has 2 atom stereocenters. The molecular formula is C17H25FN4O2. The number of nitrogens with one attached hydrogen (secondary N) is 3. The Labute approximate surface area is 141 Å². The van der Waals surface area contributed by atoms with Gasteiger partial charge in [-0.1, -0.05) is 12.1 Å². The van der Waals surface area contributed by atoms with Gasteiger partial charge in [-0.3, -0.25) is 4.79 Å². The molecule has 3 N–H and O–H groups in total. The van der Waals surface area contributed by atoms with Crippen LogP contribution in [0.1, 0.15) is 19.8 Å². The first-order chi connectivity index (χ1) is 11.5. The highest BCUT2D eigenvalue weighted by molar-refractivity contribution is 5.90. The lowest BCUT2D eigenvalue weighted by atomic mass is 9.97. The van der Waals surface area contributed by atoms with E-state index >= 15 is 0 Å². The van der Waals surface area contributed by atoms with E-state index in [1.54, 1.807) is 17.0 Å². The van der Waals surface area contributed by atoms with Crippen LogP contribution in [0.4, 0.5) is 14.9 Å². The number of carbonyl (C=O) groups excluding carboxylic acids is 2. The predicted octanol–water partition coefficient (Wildman–Crippen LogP) is 1.79. The number of urea groups is 1. The number of para-hydroxylation sites is 1. The second-order valence-electron chi connectivity index (χ2n) is 6.13. The summed E-state index contributed by atoms with van der Waals surface area (Å²) < 4.78 is 13.6. The van der Waals surface area contributed by atoms with Crippen LogP contribution in [0.2, 0.25) is 0 Å². The third kappa shape index (κ3) is 4.92. The van der Waals surface area contributed by atoms with Gasteiger partial charge in [-0.25, -0.2) is 9.18 Å². The zero-order chi connectivity index (χ0) is 17.5. The van der Waals surface area contributed by atoms with Crippen LogP contribution in [-0.2, 0) is 4.79 Å². The minimum absolute atomic E-state index is 0.0412. The number of anilines is 1. The standard InChI is InChI=1S/C17H25FN4O2/c1-12(19-2)10-20-16(23)13-6-5-9-22(11-13)17(24)21-15-8-4-3-7-14(15)18/h3-4,7-8,12-13,19H,5-6,9-11H2,1-2H3,(H,20,23)(H,21,24). The molecule has 1 aromatic carbocycles. The molecule has 1 aliphatic rings. The molecule has 1 heterocycles. The van der Waals surface area contributed by atoms with Crippen molar-refractivity contribution in [3.05, 3.63) is 30.1 Å². The monoisotopic (exact) mass is 336 g/mol. The molecule has 24 heavy (non-hydrogen) atoms. The summed E-state index contributed by atoms with van der Waals surface area (Å²) in [5, 5.41) is 8.53. The number of amides is 3. The Hall–Kier alpha value is -2.15. The minimum Gasteiger partial charge on any atom is -0.354 e. The largest absolute Gasteiger partial charge is 0.354 e. The van der Waals surface area contributed by atoms with E-state index in [1.807, 2.05) is 14.0 Å². The molecule has 6 nitrogen and oxygen atoms in total. The lowest BCUT2D eigenvalue weighted by molar-refractivity contribution is -0.126. The molecule has 0 aliphatic carbocycles. The highest BCUT2D eigenvalue weighted by Gasteiger charge is 2.28. The number of halogens is 1. The molecule has 1 saturated heterocycles. The molecule has 7 heteroatoms. The van der Waals surface area contributed by atoms with Crippen LogP contribution in [0.25, 0.3) is 0 Å². The van der Waals surface area contributed by atoms with Gasteiger partial charge in [0.1, 0.15) is 5.82 Å². The van der Waals surface area contributed by atoms with Crippen LogP contribution in [0, 0.1) is 11.7 Å². The zero-order valence-corrected chi connectivity index (χ0v) is 14.1. The maximum Gasteiger partial charge on any atom is 0.321 e. The van der Waals surface area contributed by atoms with Crippen LogP contribution in [-0.4, -0.2) is 49.6 Å². The van der Waals surface area contributed by atoms with Crippen molar-refractivity contribution in [3.8, 4) is 0 Å². The number of hydrogen-bond donors (Lipinski definition) is 3. The molecule has 0 spiro atoms. The predicted molar refractivity (Wildman–Crippen MR) is 91.2 cm³/mol. The molecule has 0 radical (unpaired) electrons. The van der Waals surface area contributed by atoms with Gasteiger partial charge in [-0.15, -0.1) is 0 Å². The molecule has 0 aromatic heterocycles. The van der Waals surface area contributed by atoms with Crippen molar-refractivity contribution in [1.82, 2.24) is 15.5 Å². The normalized spacial score (nSPS) is 18.8. The number of likely N-dealkylation sites (tertiary alicyclic amines) is 1. The minimum atomic E-state index is -0.474. The number of nitrogens with zero attached hydrogens (tertiary/aromatic N) is 1. The summed E-state index contributed by atoms with van der Waals surface area (Å²) in [7, 11) is 1.84. The summed E-state index contributed by atoms with van der Waals surface area (Å²) in [6.07, 6.45) is 1.51. The van der Waals surface area contributed by atoms with E-state index in [-0.39, 0.29) is 29.6 Å². The molecule has 1 aromatic rings. The van der Waals surface area contributed by atoms with E-state index in [0.717, 1.165) is 12.8 Å². The summed E-state index contributed by atoms with van der Waals surface area (Å²) in [4.78, 5) is 26.1. The molecule has 2 rings (SSSR count). The lowest BCUT2D eigenvalue weighted by Gasteiger charge is -2.32. The highest BCUT2D eigenvalue weighted by atomic mass is 19.1. The molecular weight excluding hydrogens is 311 g/mol. The summed E-state index contributed by atoms with van der Waals surface area (Å²) in [5.74, 6) is -0.743. The molecule has 1 fully saturated rings. The number of benzene rings is 1. The average molecular weight is 336 g/mol. The van der Waals surface area contributed by atoms with Crippen molar-refractivity contribution in [1.29, 1.82) is 0 Å². The van der Waals surface area contributed by atoms with E-state index in [2.05, 4.69) is 16.0 Å². The first-order valence-electron chi connectivity index (χ1n) is 8.26. The number of piperidine rings is 1. The van der Waals surface area contributed by atoms with Crippen LogP contribution in [0.5, 0.6) is 0 Å². The first-order valence-corrected chi connectivity index (χ1v) is 8.26. The van der Waals surface area contributed by atoms with Gasteiger partial charge >= 0.3 is 6.03 Å². The fraction of sp³-hybridized carbons (Fsp3) is 0.529. The third-order valence-corrected chi connectivity index (χ3v) is 4.27. The Kier molecular flexibility index (Phi) is 6.54. The maximum absolute atomic E-state index is 13.6. The summed E-state index contributed by atoms with van der Waals surface area (Å²) in [5.41, 5.74) is 0.150. The smallest absolute Gasteiger partial charge is 0.321 e. The van der Waals surface area contributed by atoms with Gasteiger partial charge < -0.3 is 20.9 Å². The molecule has 132 valence electrons. The average Bonchev–Trinajstić information content (AvgIpc) is 2.61. The Balaban J connectivity index is 1.89. The Bertz CT molecular complexity index is 581. The lowest BCUT2D eigenvalue weighted by Crippen LogP contribution is -2.48. The van der Waals surface area contributed by atoms with Crippen molar-refractivity contribution in [2.24, 2.45) is 5.92 Å². The fourth-order valence-corrected chi connectivity index (χ4v) is 2.63. The molecule has 1 aliphatic heterocycles. The van der Waals surface area contributed by atoms with Crippen molar-refractivity contribution >= 4 is 17.6 Å². The zero-order valence-electron chi connectivity index (χ0n) is 14.1. The molecule has 3 amide bonds. The van der Waals surface area contributed by atoms with E-state index in [0.29, 0.717) is 19.6 Å². The van der Waals surface area contributed by atoms with Gasteiger partial charge in [-0.05, 0) is 38.9 Å². The third-order valence-electron chi connectivity index (χ3n) is 4.27. The second-order valence-corrected chi connectivity index (χ2v) is 6.13.